The molecule has 15 rings (SSSR count). The number of H-pyrrole nitrogens is 4. The summed E-state index contributed by atoms with van der Waals surface area (Å²) in [4.78, 5) is 113. The molecular formula is C88H90N10O15. The van der Waals surface area contributed by atoms with Crippen molar-refractivity contribution in [2.45, 2.75) is 191 Å². The fourth-order valence-corrected chi connectivity index (χ4v) is 17.0. The molecule has 16 bridgehead atoms. The fraction of sp³-hybridized carbons (Fsp3) is 0.330. The van der Waals surface area contributed by atoms with Crippen molar-refractivity contribution in [3.05, 3.63) is 202 Å². The van der Waals surface area contributed by atoms with Gasteiger partial charge in [-0.2, -0.15) is 0 Å². The lowest BCUT2D eigenvalue weighted by Crippen LogP contribution is -2.44. The van der Waals surface area contributed by atoms with Gasteiger partial charge in [0.2, 0.25) is 0 Å². The van der Waals surface area contributed by atoms with E-state index in [0.29, 0.717) is 119 Å². The van der Waals surface area contributed by atoms with E-state index >= 15 is 0 Å². The van der Waals surface area contributed by atoms with Crippen LogP contribution < -0.4 is 5.56 Å². The van der Waals surface area contributed by atoms with Crippen molar-refractivity contribution >= 4 is 129 Å². The van der Waals surface area contributed by atoms with Gasteiger partial charge in [-0.05, 0) is 249 Å². The molecule has 1 aromatic carbocycles. The van der Waals surface area contributed by atoms with Crippen molar-refractivity contribution in [2.75, 3.05) is 0 Å². The molecule has 8 aromatic heterocycles. The first kappa shape index (κ1) is 77.7. The van der Waals surface area contributed by atoms with Crippen molar-refractivity contribution in [1.29, 1.82) is 0 Å². The molecule has 0 radical (unpaired) electrons. The third-order valence-corrected chi connectivity index (χ3v) is 23.1. The summed E-state index contributed by atoms with van der Waals surface area (Å²) in [7, 11) is 0. The Hall–Kier alpha value is -12.0. The van der Waals surface area contributed by atoms with E-state index < -0.39 is 59.9 Å². The van der Waals surface area contributed by atoms with Crippen LogP contribution in [0.25, 0.3) is 111 Å². The number of nitrogens with zero attached hydrogens (tertiary/aromatic N) is 6. The van der Waals surface area contributed by atoms with Crippen LogP contribution in [0.3, 0.4) is 0 Å². The van der Waals surface area contributed by atoms with Crippen molar-refractivity contribution in [3.8, 4) is 11.4 Å². The number of hydrogen-bond acceptors (Lipinski definition) is 16. The van der Waals surface area contributed by atoms with Crippen molar-refractivity contribution < 1.29 is 69.2 Å². The van der Waals surface area contributed by atoms with E-state index in [1.165, 1.54) is 0 Å². The minimum absolute atomic E-state index is 0.110. The highest BCUT2D eigenvalue weighted by Crippen LogP contribution is 2.45. The van der Waals surface area contributed by atoms with Gasteiger partial charge in [0.05, 0.1) is 99.0 Å². The van der Waals surface area contributed by atoms with Crippen LogP contribution >= 0.6 is 0 Å². The molecule has 0 saturated heterocycles. The Balaban J connectivity index is 0.000000339. The number of aliphatic hydroxyl groups excluding tert-OH is 2. The van der Waals surface area contributed by atoms with Crippen LogP contribution in [-0.4, -0.2) is 121 Å². The van der Waals surface area contributed by atoms with Crippen LogP contribution in [0, 0.1) is 27.7 Å². The zero-order valence-corrected chi connectivity index (χ0v) is 65.3. The number of fused-ring (bicyclic) bond motifs is 21. The lowest BCUT2D eigenvalue weighted by molar-refractivity contribution is -0.172. The molecule has 25 nitrogen and oxygen atoms in total. The normalized spacial score (nSPS) is 16.2. The van der Waals surface area contributed by atoms with Gasteiger partial charge in [-0.1, -0.05) is 25.1 Å². The van der Waals surface area contributed by atoms with Gasteiger partial charge in [0.1, 0.15) is 6.61 Å². The van der Waals surface area contributed by atoms with Crippen LogP contribution in [0.1, 0.15) is 239 Å². The van der Waals surface area contributed by atoms with Crippen LogP contribution in [-0.2, 0) is 58.6 Å². The summed E-state index contributed by atoms with van der Waals surface area (Å²) in [5.41, 5.74) is 24.3. The summed E-state index contributed by atoms with van der Waals surface area (Å²) in [5, 5.41) is 74.1. The SMILES string of the molecule is CC1=C(CCC(=O)O)c2cc3nc(cc4[nH]c(cc5[nH]c(cc1n2)c(C)c5C(C)OC(C)c1c(C)c2cc5nc(cc6nc(cc7[nH]c(cc1[nH]2)c(C)c7CCC(=O)O)C(CCC(=O)O)=C6C)C(C)=C5C(C)O)c(C)c4C(C)O)C(C)=C3CCC(=O)O.CC[C@@]1(O)C(=O)OCc2c1cc1n(c2=O)Cc2cc3ccccc3nc2-1. The average Bonchev–Trinajstić information content (AvgIpc) is 1.70. The molecule has 6 aliphatic heterocycles. The summed E-state index contributed by atoms with van der Waals surface area (Å²) < 4.78 is 14.0. The number of aromatic amines is 4. The molecule has 0 spiro atoms. The second-order valence-corrected chi connectivity index (χ2v) is 30.2. The molecule has 582 valence electrons. The van der Waals surface area contributed by atoms with E-state index in [-0.39, 0.29) is 70.0 Å². The minimum Gasteiger partial charge on any atom is -0.481 e. The molecule has 6 aliphatic rings. The van der Waals surface area contributed by atoms with Crippen LogP contribution in [0.4, 0.5) is 0 Å². The average molecular weight is 1530 g/mol. The first-order valence-electron chi connectivity index (χ1n) is 38.0. The molecular weight excluding hydrogens is 1440 g/mol. The number of carbonyl (C=O) groups is 5. The molecule has 14 heterocycles. The molecule has 0 saturated carbocycles. The number of rotatable bonds is 19. The number of aromatic nitrogens is 10. The number of aliphatic hydroxyl groups is 3. The number of esters is 1. The van der Waals surface area contributed by atoms with E-state index in [4.69, 9.17) is 34.4 Å². The van der Waals surface area contributed by atoms with E-state index in [0.717, 1.165) is 106 Å². The Morgan fingerprint density at radius 2 is 0.938 bits per heavy atom. The molecule has 0 fully saturated rings. The lowest BCUT2D eigenvalue weighted by atomic mass is 9.86. The second kappa shape index (κ2) is 30.2. The third kappa shape index (κ3) is 14.3. The predicted octanol–water partition coefficient (Wildman–Crippen LogP) is 15.9. The summed E-state index contributed by atoms with van der Waals surface area (Å²) >= 11 is 0. The number of carbonyl (C=O) groups excluding carboxylic acids is 1. The van der Waals surface area contributed by atoms with Crippen LogP contribution in [0.2, 0.25) is 0 Å². The maximum Gasteiger partial charge on any atom is 0.343 e. The Morgan fingerprint density at radius 1 is 0.504 bits per heavy atom. The summed E-state index contributed by atoms with van der Waals surface area (Å²) in [6.45, 7) is 25.0. The topological polar surface area (TPSA) is 395 Å². The van der Waals surface area contributed by atoms with Crippen molar-refractivity contribution in [3.63, 3.8) is 0 Å². The number of para-hydroxylation sites is 1. The van der Waals surface area contributed by atoms with Crippen LogP contribution in [0.5, 0.6) is 0 Å². The number of pyridine rings is 2. The smallest absolute Gasteiger partial charge is 0.343 e. The van der Waals surface area contributed by atoms with Gasteiger partial charge >= 0.3 is 29.8 Å². The number of ether oxygens (including phenoxy) is 2. The van der Waals surface area contributed by atoms with Crippen molar-refractivity contribution in [2.24, 2.45) is 0 Å². The van der Waals surface area contributed by atoms with Gasteiger partial charge in [0.25, 0.3) is 5.56 Å². The number of allylic oxidation sites excluding steroid dienone is 7. The lowest BCUT2D eigenvalue weighted by Gasteiger charge is -2.31. The number of benzene rings is 1. The Labute approximate surface area is 649 Å². The second-order valence-electron chi connectivity index (χ2n) is 30.2. The molecule has 4 unspecified atom stereocenters. The molecule has 0 amide bonds. The van der Waals surface area contributed by atoms with E-state index in [1.54, 1.807) is 31.4 Å². The standard InChI is InChI=1S/C68H74N8O11.C20H16N2O4/c1-29-41(13-17-61(79)80)53-28-56-44(16-20-64(85)86)32(4)48(72-56)24-59-68(36(8)52(76-59)25-58-65(37(9)77)33(5)49(73-58)21-45(29)69-53)40(12)87-39(11)67-35(7)50-22-46-30(2)42(14-18-62(81)82)54(70-46)27-55-43(15-19-63(83)84)31(3)47(71-55)23-57-66(38(10)78)34(6)51(74-57)26-60(67)75-50;1-2-20(25)14-8-16-17-12(7-11-5-3-4-6-15(11)21-17)9-22(16)18(23)13(14)10-26-19(20)24/h21-28,37-40,72,74-78H,13-20H2,1-12H3,(H,79,80)(H,81,82)(H,83,84)(H,85,86);3-8,25H,2,9-10H2,1H3/t;20-/m.0/s1. The number of aliphatic carboxylic acids is 4. The number of carboxylic acids is 4. The van der Waals surface area contributed by atoms with E-state index in [2.05, 4.69) is 19.9 Å². The molecule has 113 heavy (non-hydrogen) atoms. The largest absolute Gasteiger partial charge is 0.481 e. The minimum atomic E-state index is -1.79. The molecule has 0 aliphatic carbocycles. The first-order chi connectivity index (χ1) is 53.7. The summed E-state index contributed by atoms with van der Waals surface area (Å²) in [6.07, 6.45) is -2.59. The number of carboxylic acid groups (broad SMARTS) is 4. The Kier molecular flexibility index (Phi) is 20.8. The fourth-order valence-electron chi connectivity index (χ4n) is 17.0. The molecule has 25 heteroatoms. The number of aryl methyl sites for hydroxylation is 5. The number of nitrogens with one attached hydrogen (secondary N) is 4. The van der Waals surface area contributed by atoms with Gasteiger partial charge in [-0.15, -0.1) is 0 Å². The third-order valence-electron chi connectivity index (χ3n) is 23.1. The van der Waals surface area contributed by atoms with Gasteiger partial charge in [-0.25, -0.2) is 29.7 Å². The highest BCUT2D eigenvalue weighted by molar-refractivity contribution is 5.99. The van der Waals surface area contributed by atoms with Gasteiger partial charge in [0.15, 0.2) is 5.60 Å². The van der Waals surface area contributed by atoms with Crippen molar-refractivity contribution in [1.82, 2.24) is 49.4 Å². The van der Waals surface area contributed by atoms with E-state index in [1.807, 2.05) is 148 Å². The Morgan fingerprint density at radius 3 is 1.47 bits per heavy atom. The summed E-state index contributed by atoms with van der Waals surface area (Å²) in [5.74, 6) is -4.53. The first-order valence-corrected chi connectivity index (χ1v) is 38.0. The molecule has 5 atom stereocenters. The molecule has 9 aromatic rings. The monoisotopic (exact) mass is 1530 g/mol. The summed E-state index contributed by atoms with van der Waals surface area (Å²) in [6, 6.07) is 26.9. The quantitative estimate of drug-likeness (QED) is 0.0335. The Bertz CT molecular complexity index is 6190. The number of hydrogen-bond donors (Lipinski definition) is 11. The maximum absolute atomic E-state index is 13.0. The maximum atomic E-state index is 13.0. The van der Waals surface area contributed by atoms with Gasteiger partial charge < -0.3 is 69.7 Å². The zero-order valence-electron chi connectivity index (χ0n) is 65.3. The highest BCUT2D eigenvalue weighted by atomic mass is 16.6. The van der Waals surface area contributed by atoms with E-state index in [9.17, 15) is 64.5 Å². The number of cyclic esters (lactones) is 1. The van der Waals surface area contributed by atoms with Crippen LogP contribution in [0.15, 0.2) is 89.7 Å². The van der Waals surface area contributed by atoms with Gasteiger partial charge in [0, 0.05) is 109 Å². The molecule has 11 N–H and O–H groups in total. The predicted molar refractivity (Wildman–Crippen MR) is 432 cm³/mol. The highest BCUT2D eigenvalue weighted by Gasteiger charge is 2.46. The zero-order chi connectivity index (χ0) is 80.8. The van der Waals surface area contributed by atoms with Gasteiger partial charge in [-0.3, -0.25) is 24.0 Å².